The summed E-state index contributed by atoms with van der Waals surface area (Å²) in [4.78, 5) is 25.7. The maximum absolute atomic E-state index is 12.5. The van der Waals surface area contributed by atoms with E-state index < -0.39 is 0 Å². The van der Waals surface area contributed by atoms with Crippen LogP contribution in [-0.2, 0) is 4.79 Å². The van der Waals surface area contributed by atoms with Crippen LogP contribution >= 0.6 is 0 Å². The highest BCUT2D eigenvalue weighted by Gasteiger charge is 2.29. The van der Waals surface area contributed by atoms with Gasteiger partial charge in [0, 0.05) is 12.1 Å². The molecular formula is C20H21NO3. The first-order valence-electron chi connectivity index (χ1n) is 8.23. The van der Waals surface area contributed by atoms with Gasteiger partial charge in [-0.1, -0.05) is 30.3 Å². The maximum atomic E-state index is 12.5. The van der Waals surface area contributed by atoms with Gasteiger partial charge in [0.25, 0.3) is 5.91 Å². The van der Waals surface area contributed by atoms with Gasteiger partial charge in [-0.25, -0.2) is 0 Å². The van der Waals surface area contributed by atoms with Gasteiger partial charge in [-0.2, -0.15) is 0 Å². The molecule has 0 saturated carbocycles. The molecule has 0 aromatic heterocycles. The molecule has 4 nitrogen and oxygen atoms in total. The minimum Gasteiger partial charge on any atom is -0.484 e. The number of likely N-dealkylation sites (tertiary alicyclic amines) is 1. The van der Waals surface area contributed by atoms with E-state index in [1.165, 1.54) is 12.5 Å². The fourth-order valence-electron chi connectivity index (χ4n) is 3.10. The predicted octanol–water partition coefficient (Wildman–Crippen LogP) is 3.63. The fraction of sp³-hybridized carbons (Fsp3) is 0.300. The number of amides is 1. The Balaban J connectivity index is 1.61. The van der Waals surface area contributed by atoms with Crippen molar-refractivity contribution in [3.63, 3.8) is 0 Å². The van der Waals surface area contributed by atoms with E-state index in [1.54, 1.807) is 24.3 Å². The number of hydrogen-bond acceptors (Lipinski definition) is 3. The number of carbonyl (C=O) groups excluding carboxylic acids is 2. The Hall–Kier alpha value is -2.62. The summed E-state index contributed by atoms with van der Waals surface area (Å²) in [7, 11) is 0. The van der Waals surface area contributed by atoms with Crippen LogP contribution in [0.4, 0.5) is 0 Å². The zero-order valence-electron chi connectivity index (χ0n) is 13.8. The first-order valence-corrected chi connectivity index (χ1v) is 8.23. The van der Waals surface area contributed by atoms with Crippen molar-refractivity contribution < 1.29 is 14.3 Å². The van der Waals surface area contributed by atoms with E-state index in [0.29, 0.717) is 11.3 Å². The lowest BCUT2D eigenvalue weighted by Crippen LogP contribution is -2.34. The number of Topliss-reactive ketones (excluding diaryl/α,β-unsaturated/α-hetero) is 1. The summed E-state index contributed by atoms with van der Waals surface area (Å²) in [5.41, 5.74) is 1.81. The summed E-state index contributed by atoms with van der Waals surface area (Å²) in [6.07, 6.45) is 2.00. The second-order valence-electron chi connectivity index (χ2n) is 6.03. The van der Waals surface area contributed by atoms with Crippen LogP contribution in [0.1, 0.15) is 41.7 Å². The number of rotatable bonds is 5. The third kappa shape index (κ3) is 3.65. The number of benzene rings is 2. The van der Waals surface area contributed by atoms with Crippen molar-refractivity contribution in [2.24, 2.45) is 0 Å². The monoisotopic (exact) mass is 323 g/mol. The Morgan fingerprint density at radius 1 is 1.08 bits per heavy atom. The van der Waals surface area contributed by atoms with Crippen LogP contribution in [0, 0.1) is 0 Å². The molecule has 1 amide bonds. The van der Waals surface area contributed by atoms with Crippen molar-refractivity contribution in [1.82, 2.24) is 4.90 Å². The number of hydrogen-bond donors (Lipinski definition) is 0. The lowest BCUT2D eigenvalue weighted by molar-refractivity contribution is -0.134. The third-order valence-corrected chi connectivity index (χ3v) is 4.38. The molecule has 2 aromatic rings. The van der Waals surface area contributed by atoms with E-state index >= 15 is 0 Å². The molecule has 0 radical (unpaired) electrons. The zero-order chi connectivity index (χ0) is 16.9. The largest absolute Gasteiger partial charge is 0.484 e. The standard InChI is InChI=1S/C20H21NO3/c1-15(22)16-9-11-18(12-10-16)24-14-20(23)21-13-5-8-19(21)17-6-3-2-4-7-17/h2-4,6-7,9-12,19H,5,8,13-14H2,1H3/t19-/m0/s1. The minimum atomic E-state index is -0.00278. The maximum Gasteiger partial charge on any atom is 0.261 e. The summed E-state index contributed by atoms with van der Waals surface area (Å²) < 4.78 is 5.60. The molecule has 1 aliphatic heterocycles. The normalized spacial score (nSPS) is 16.9. The van der Waals surface area contributed by atoms with E-state index in [2.05, 4.69) is 12.1 Å². The fourth-order valence-corrected chi connectivity index (χ4v) is 3.10. The molecule has 3 rings (SSSR count). The van der Waals surface area contributed by atoms with E-state index in [1.807, 2.05) is 23.1 Å². The zero-order valence-corrected chi connectivity index (χ0v) is 13.8. The smallest absolute Gasteiger partial charge is 0.261 e. The minimum absolute atomic E-state index is 0.00278. The Bertz CT molecular complexity index is 709. The molecule has 0 unspecified atom stereocenters. The molecule has 0 N–H and O–H groups in total. The van der Waals surface area contributed by atoms with Gasteiger partial charge in [0.2, 0.25) is 0 Å². The highest BCUT2D eigenvalue weighted by atomic mass is 16.5. The average molecular weight is 323 g/mol. The molecule has 1 saturated heterocycles. The SMILES string of the molecule is CC(=O)c1ccc(OCC(=O)N2CCC[C@H]2c2ccccc2)cc1. The highest BCUT2D eigenvalue weighted by Crippen LogP contribution is 2.31. The summed E-state index contributed by atoms with van der Waals surface area (Å²) >= 11 is 0. The van der Waals surface area contributed by atoms with Crippen LogP contribution in [0.3, 0.4) is 0 Å². The van der Waals surface area contributed by atoms with E-state index in [4.69, 9.17) is 4.74 Å². The number of ether oxygens (including phenoxy) is 1. The Kier molecular flexibility index (Phi) is 4.94. The van der Waals surface area contributed by atoms with Gasteiger partial charge in [0.1, 0.15) is 5.75 Å². The molecular weight excluding hydrogens is 302 g/mol. The van der Waals surface area contributed by atoms with Crippen LogP contribution in [0.15, 0.2) is 54.6 Å². The quantitative estimate of drug-likeness (QED) is 0.789. The van der Waals surface area contributed by atoms with Gasteiger partial charge < -0.3 is 9.64 Å². The molecule has 1 fully saturated rings. The van der Waals surface area contributed by atoms with Crippen molar-refractivity contribution in [3.05, 3.63) is 65.7 Å². The molecule has 0 bridgehead atoms. The number of ketones is 1. The molecule has 4 heteroatoms. The van der Waals surface area contributed by atoms with Crippen LogP contribution < -0.4 is 4.74 Å². The van der Waals surface area contributed by atoms with Crippen molar-refractivity contribution in [3.8, 4) is 5.75 Å². The second-order valence-corrected chi connectivity index (χ2v) is 6.03. The molecule has 24 heavy (non-hydrogen) atoms. The van der Waals surface area contributed by atoms with E-state index in [-0.39, 0.29) is 24.3 Å². The average Bonchev–Trinajstić information content (AvgIpc) is 3.10. The van der Waals surface area contributed by atoms with Gasteiger partial charge in [-0.15, -0.1) is 0 Å². The summed E-state index contributed by atoms with van der Waals surface area (Å²) in [6.45, 7) is 2.31. The van der Waals surface area contributed by atoms with Crippen LogP contribution in [-0.4, -0.2) is 29.7 Å². The Morgan fingerprint density at radius 2 is 1.79 bits per heavy atom. The van der Waals surface area contributed by atoms with Crippen LogP contribution in [0.2, 0.25) is 0 Å². The van der Waals surface area contributed by atoms with E-state index in [0.717, 1.165) is 19.4 Å². The lowest BCUT2D eigenvalue weighted by atomic mass is 10.0. The summed E-state index contributed by atoms with van der Waals surface area (Å²) in [5, 5.41) is 0. The molecule has 0 spiro atoms. The van der Waals surface area contributed by atoms with Gasteiger partial charge in [-0.05, 0) is 49.6 Å². The van der Waals surface area contributed by atoms with Gasteiger partial charge in [-0.3, -0.25) is 9.59 Å². The molecule has 124 valence electrons. The Morgan fingerprint density at radius 3 is 2.46 bits per heavy atom. The van der Waals surface area contributed by atoms with Crippen LogP contribution in [0.25, 0.3) is 0 Å². The van der Waals surface area contributed by atoms with Crippen molar-refractivity contribution in [1.29, 1.82) is 0 Å². The molecule has 1 heterocycles. The van der Waals surface area contributed by atoms with Crippen LogP contribution in [0.5, 0.6) is 5.75 Å². The number of carbonyl (C=O) groups is 2. The molecule has 2 aromatic carbocycles. The van der Waals surface area contributed by atoms with Gasteiger partial charge in [0.05, 0.1) is 6.04 Å². The topological polar surface area (TPSA) is 46.6 Å². The number of nitrogens with zero attached hydrogens (tertiary/aromatic N) is 1. The molecule has 0 aliphatic carbocycles. The third-order valence-electron chi connectivity index (χ3n) is 4.38. The van der Waals surface area contributed by atoms with Gasteiger partial charge >= 0.3 is 0 Å². The first kappa shape index (κ1) is 16.2. The predicted molar refractivity (Wildman–Crippen MR) is 92.1 cm³/mol. The van der Waals surface area contributed by atoms with E-state index in [9.17, 15) is 9.59 Å². The Labute approximate surface area is 142 Å². The van der Waals surface area contributed by atoms with Crippen molar-refractivity contribution >= 4 is 11.7 Å². The molecule has 1 aliphatic rings. The molecule has 1 atom stereocenters. The first-order chi connectivity index (χ1) is 11.6. The van der Waals surface area contributed by atoms with Crippen molar-refractivity contribution in [2.75, 3.05) is 13.2 Å². The van der Waals surface area contributed by atoms with Gasteiger partial charge in [0.15, 0.2) is 12.4 Å². The summed E-state index contributed by atoms with van der Waals surface area (Å²) in [6, 6.07) is 17.1. The van der Waals surface area contributed by atoms with Crippen molar-refractivity contribution in [2.45, 2.75) is 25.8 Å². The lowest BCUT2D eigenvalue weighted by Gasteiger charge is -2.25. The second kappa shape index (κ2) is 7.30. The summed E-state index contributed by atoms with van der Waals surface area (Å²) in [5.74, 6) is 0.612. The highest BCUT2D eigenvalue weighted by molar-refractivity contribution is 5.94.